The van der Waals surface area contributed by atoms with Crippen molar-refractivity contribution in [2.45, 2.75) is 116 Å². The van der Waals surface area contributed by atoms with Gasteiger partial charge in [-0.05, 0) is 109 Å². The highest BCUT2D eigenvalue weighted by atomic mass is 32.2. The summed E-state index contributed by atoms with van der Waals surface area (Å²) in [4.78, 5) is 57.1. The fraction of sp³-hybridized carbons (Fsp3) is 0.556. The van der Waals surface area contributed by atoms with Crippen LogP contribution in [-0.4, -0.2) is 70.1 Å². The average molecular weight is 654 g/mol. The predicted octanol–water partition coefficient (Wildman–Crippen LogP) is 6.05. The number of nitrogens with one attached hydrogen (secondary N) is 2. The van der Waals surface area contributed by atoms with Gasteiger partial charge in [0.05, 0.1) is 0 Å². The molecule has 2 N–H and O–H groups in total. The van der Waals surface area contributed by atoms with Gasteiger partial charge in [-0.3, -0.25) is 9.59 Å². The number of aryl methyl sites for hydroxylation is 1. The molecule has 1 fully saturated rings. The third-order valence-corrected chi connectivity index (χ3v) is 8.20. The Balaban J connectivity index is 2.06. The summed E-state index contributed by atoms with van der Waals surface area (Å²) in [5.74, 6) is -0.789. The number of alkyl carbamates (subject to hydrolysis) is 1. The molecule has 10 heteroatoms. The fourth-order valence-electron chi connectivity index (χ4n) is 5.15. The van der Waals surface area contributed by atoms with E-state index in [1.165, 1.54) is 0 Å². The monoisotopic (exact) mass is 653 g/mol. The zero-order valence-corrected chi connectivity index (χ0v) is 29.6. The van der Waals surface area contributed by atoms with E-state index >= 15 is 0 Å². The Morgan fingerprint density at radius 3 is 2.07 bits per heavy atom. The molecule has 0 spiro atoms. The van der Waals surface area contributed by atoms with Crippen molar-refractivity contribution in [1.82, 2.24) is 15.5 Å². The summed E-state index contributed by atoms with van der Waals surface area (Å²) in [6.07, 6.45) is 3.27. The molecule has 0 aromatic heterocycles. The predicted molar refractivity (Wildman–Crippen MR) is 183 cm³/mol. The molecular formula is C36H51N3O6S. The molecule has 3 amide bonds. The summed E-state index contributed by atoms with van der Waals surface area (Å²) in [6, 6.07) is 12.0. The number of nitrogens with zero attached hydrogens (tertiary/aromatic N) is 1. The van der Waals surface area contributed by atoms with E-state index in [2.05, 4.69) is 10.6 Å². The first-order chi connectivity index (χ1) is 21.5. The Labute approximate surface area is 278 Å². The van der Waals surface area contributed by atoms with Crippen LogP contribution in [0.2, 0.25) is 0 Å². The maximum Gasteiger partial charge on any atom is 0.408 e. The number of carbonyl (C=O) groups excluding carboxylic acids is 4. The van der Waals surface area contributed by atoms with Gasteiger partial charge in [0.25, 0.3) is 0 Å². The Bertz CT molecular complexity index is 1360. The quantitative estimate of drug-likeness (QED) is 0.253. The molecule has 46 heavy (non-hydrogen) atoms. The average Bonchev–Trinajstić information content (AvgIpc) is 3.79. The molecule has 0 heterocycles. The van der Waals surface area contributed by atoms with Gasteiger partial charge >= 0.3 is 12.1 Å². The number of thioether (sulfide) groups is 1. The van der Waals surface area contributed by atoms with E-state index in [-0.39, 0.29) is 18.4 Å². The molecule has 3 rings (SSSR count). The van der Waals surface area contributed by atoms with Crippen LogP contribution in [0.25, 0.3) is 0 Å². The number of rotatable bonds is 13. The highest BCUT2D eigenvalue weighted by Crippen LogP contribution is 2.37. The van der Waals surface area contributed by atoms with Gasteiger partial charge in [0.15, 0.2) is 0 Å². The van der Waals surface area contributed by atoms with Crippen LogP contribution in [0.1, 0.15) is 89.1 Å². The number of carbonyl (C=O) groups is 4. The minimum absolute atomic E-state index is 0.200. The van der Waals surface area contributed by atoms with Crippen molar-refractivity contribution in [2.75, 3.05) is 12.0 Å². The number of benzene rings is 2. The Kier molecular flexibility index (Phi) is 12.7. The van der Waals surface area contributed by atoms with Crippen LogP contribution in [0.3, 0.4) is 0 Å². The highest BCUT2D eigenvalue weighted by Gasteiger charge is 2.45. The van der Waals surface area contributed by atoms with Gasteiger partial charge < -0.3 is 25.0 Å². The molecule has 1 saturated carbocycles. The molecule has 0 bridgehead atoms. The molecule has 3 atom stereocenters. The lowest BCUT2D eigenvalue weighted by Crippen LogP contribution is -2.55. The summed E-state index contributed by atoms with van der Waals surface area (Å²) < 4.78 is 11.2. The van der Waals surface area contributed by atoms with E-state index < -0.39 is 47.3 Å². The van der Waals surface area contributed by atoms with E-state index in [4.69, 9.17) is 9.47 Å². The number of hydrogen-bond acceptors (Lipinski definition) is 7. The van der Waals surface area contributed by atoms with Crippen molar-refractivity contribution in [1.29, 1.82) is 0 Å². The molecule has 252 valence electrons. The zero-order chi connectivity index (χ0) is 34.2. The van der Waals surface area contributed by atoms with Crippen LogP contribution in [0, 0.1) is 13.8 Å². The lowest BCUT2D eigenvalue weighted by atomic mass is 9.94. The first kappa shape index (κ1) is 36.9. The van der Waals surface area contributed by atoms with Crippen molar-refractivity contribution in [3.63, 3.8) is 0 Å². The van der Waals surface area contributed by atoms with Crippen LogP contribution >= 0.6 is 11.8 Å². The number of esters is 1. The van der Waals surface area contributed by atoms with Gasteiger partial charge in [0.1, 0.15) is 29.3 Å². The second-order valence-electron chi connectivity index (χ2n) is 13.9. The molecule has 0 radical (unpaired) electrons. The SMILES string of the molecule is CSCCC(NC(=O)OC(C)(C)C)C(=O)N(C1CC1)C(C(=O)NC(Cc1ccccc1)C(=O)OC(C)(C)C)c1cccc(C)c1C. The maximum absolute atomic E-state index is 14.6. The summed E-state index contributed by atoms with van der Waals surface area (Å²) in [6.45, 7) is 14.5. The third-order valence-electron chi connectivity index (χ3n) is 7.55. The van der Waals surface area contributed by atoms with Crippen LogP contribution in [0.4, 0.5) is 4.79 Å². The van der Waals surface area contributed by atoms with Crippen LogP contribution in [-0.2, 0) is 30.3 Å². The summed E-state index contributed by atoms with van der Waals surface area (Å²) in [7, 11) is 0. The lowest BCUT2D eigenvalue weighted by molar-refractivity contribution is -0.159. The van der Waals surface area contributed by atoms with Crippen molar-refractivity contribution >= 4 is 35.6 Å². The topological polar surface area (TPSA) is 114 Å². The molecule has 3 unspecified atom stereocenters. The normalized spacial score (nSPS) is 15.2. The highest BCUT2D eigenvalue weighted by molar-refractivity contribution is 7.98. The molecule has 0 aliphatic heterocycles. The number of ether oxygens (including phenoxy) is 2. The molecule has 9 nitrogen and oxygen atoms in total. The van der Waals surface area contributed by atoms with E-state index in [9.17, 15) is 19.2 Å². The Morgan fingerprint density at radius 2 is 1.50 bits per heavy atom. The first-order valence-electron chi connectivity index (χ1n) is 15.9. The molecular weight excluding hydrogens is 602 g/mol. The summed E-state index contributed by atoms with van der Waals surface area (Å²) in [5.41, 5.74) is 1.86. The van der Waals surface area contributed by atoms with Gasteiger partial charge in [-0.15, -0.1) is 0 Å². The Morgan fingerprint density at radius 1 is 0.870 bits per heavy atom. The van der Waals surface area contributed by atoms with E-state index in [0.29, 0.717) is 17.7 Å². The van der Waals surface area contributed by atoms with Crippen LogP contribution in [0.15, 0.2) is 48.5 Å². The minimum atomic E-state index is -1.04. The third kappa shape index (κ3) is 11.1. The van der Waals surface area contributed by atoms with Crippen molar-refractivity contribution < 1.29 is 28.7 Å². The van der Waals surface area contributed by atoms with Gasteiger partial charge in [-0.2, -0.15) is 11.8 Å². The lowest BCUT2D eigenvalue weighted by Gasteiger charge is -2.36. The van der Waals surface area contributed by atoms with E-state index in [1.807, 2.05) is 68.6 Å². The van der Waals surface area contributed by atoms with Gasteiger partial charge in [-0.25, -0.2) is 9.59 Å². The maximum atomic E-state index is 14.6. The second kappa shape index (κ2) is 15.8. The number of hydrogen-bond donors (Lipinski definition) is 2. The largest absolute Gasteiger partial charge is 0.458 e. The van der Waals surface area contributed by atoms with E-state index in [1.54, 1.807) is 58.2 Å². The second-order valence-corrected chi connectivity index (χ2v) is 14.9. The van der Waals surface area contributed by atoms with Gasteiger partial charge in [0, 0.05) is 12.5 Å². The molecule has 2 aromatic rings. The van der Waals surface area contributed by atoms with Gasteiger partial charge in [0.2, 0.25) is 11.8 Å². The summed E-state index contributed by atoms with van der Waals surface area (Å²) in [5, 5.41) is 5.77. The Hall–Kier alpha value is -3.53. The first-order valence-corrected chi connectivity index (χ1v) is 17.3. The molecule has 1 aliphatic carbocycles. The van der Waals surface area contributed by atoms with Crippen molar-refractivity contribution in [2.24, 2.45) is 0 Å². The van der Waals surface area contributed by atoms with Crippen molar-refractivity contribution in [3.05, 3.63) is 70.8 Å². The van der Waals surface area contributed by atoms with Crippen molar-refractivity contribution in [3.8, 4) is 0 Å². The van der Waals surface area contributed by atoms with E-state index in [0.717, 1.165) is 29.5 Å². The molecule has 2 aromatic carbocycles. The number of amides is 3. The minimum Gasteiger partial charge on any atom is -0.458 e. The smallest absolute Gasteiger partial charge is 0.408 e. The standard InChI is InChI=1S/C36H51N3O6S/c1-23-14-13-17-27(24(23)2)30(31(40)37-29(33(42)44-35(3,4)5)22-25-15-11-10-12-16-25)39(26-18-19-26)32(41)28(20-21-46-9)38-34(43)45-36(6,7)8/h10-17,26,28-30H,18-22H2,1-9H3,(H,37,40)(H,38,43). The summed E-state index contributed by atoms with van der Waals surface area (Å²) >= 11 is 1.56. The zero-order valence-electron chi connectivity index (χ0n) is 28.8. The van der Waals surface area contributed by atoms with Gasteiger partial charge in [-0.1, -0.05) is 48.5 Å². The molecule has 1 aliphatic rings. The fourth-order valence-corrected chi connectivity index (χ4v) is 5.62. The van der Waals surface area contributed by atoms with Crippen LogP contribution < -0.4 is 10.6 Å². The van der Waals surface area contributed by atoms with Crippen LogP contribution in [0.5, 0.6) is 0 Å². The molecule has 0 saturated heterocycles.